The quantitative estimate of drug-likeness (QED) is 0.361. The maximum atomic E-state index is 13.3. The van der Waals surface area contributed by atoms with Gasteiger partial charge in [-0.25, -0.2) is 14.8 Å². The lowest BCUT2D eigenvalue weighted by atomic mass is 10.2. The van der Waals surface area contributed by atoms with Gasteiger partial charge in [-0.3, -0.25) is 5.32 Å². The van der Waals surface area contributed by atoms with Crippen LogP contribution in [0.25, 0.3) is 16.7 Å². The van der Waals surface area contributed by atoms with Gasteiger partial charge >= 0.3 is 12.5 Å². The number of aromatic nitrogens is 3. The average Bonchev–Trinajstić information content (AvgIpc) is 3.45. The van der Waals surface area contributed by atoms with Crippen LogP contribution in [0.3, 0.4) is 0 Å². The molecule has 1 aliphatic rings. The fraction of sp³-hybridized carbons (Fsp3) is 0.240. The van der Waals surface area contributed by atoms with Crippen molar-refractivity contribution in [2.24, 2.45) is 0 Å². The number of alkyl halides is 3. The van der Waals surface area contributed by atoms with Crippen LogP contribution in [0.4, 0.5) is 29.5 Å². The molecule has 2 heterocycles. The van der Waals surface area contributed by atoms with Crippen molar-refractivity contribution in [3.05, 3.63) is 71.7 Å². The average molecular weight is 497 g/mol. The highest BCUT2D eigenvalue weighted by Gasteiger charge is 2.33. The van der Waals surface area contributed by atoms with Gasteiger partial charge in [0.15, 0.2) is 11.6 Å². The van der Waals surface area contributed by atoms with Crippen LogP contribution in [0.5, 0.6) is 5.75 Å². The van der Waals surface area contributed by atoms with Gasteiger partial charge in [0, 0.05) is 24.5 Å². The predicted octanol–water partition coefficient (Wildman–Crippen LogP) is 5.60. The number of carbonyl (C=O) groups excluding carboxylic acids is 1. The number of hydrogen-bond donors (Lipinski definition) is 2. The van der Waals surface area contributed by atoms with E-state index in [-0.39, 0.29) is 12.3 Å². The highest BCUT2D eigenvalue weighted by atomic mass is 19.4. The lowest BCUT2D eigenvalue weighted by molar-refractivity contribution is -0.274. The fourth-order valence-corrected chi connectivity index (χ4v) is 4.48. The summed E-state index contributed by atoms with van der Waals surface area (Å²) in [7, 11) is 1.72. The number of benzene rings is 2. The van der Waals surface area contributed by atoms with Crippen molar-refractivity contribution in [2.75, 3.05) is 17.7 Å². The van der Waals surface area contributed by atoms with E-state index < -0.39 is 18.2 Å². The third-order valence-corrected chi connectivity index (χ3v) is 5.93. The Morgan fingerprint density at radius 1 is 1.11 bits per heavy atom. The summed E-state index contributed by atoms with van der Waals surface area (Å²) in [4.78, 5) is 21.0. The molecule has 186 valence electrons. The summed E-state index contributed by atoms with van der Waals surface area (Å²) in [6, 6.07) is 13.1. The van der Waals surface area contributed by atoms with Gasteiger partial charge in [0.25, 0.3) is 0 Å². The molecule has 0 atom stereocenters. The number of fused-ring (bicyclic) bond motifs is 3. The van der Waals surface area contributed by atoms with Crippen molar-refractivity contribution in [1.29, 1.82) is 0 Å². The number of nitrogens with zero attached hydrogens (tertiary/aromatic N) is 3. The standard InChI is InChI=1S/C25H22F3N5O3/c1-29-23-22-21(30-14-31-23)17-8-5-9-19(17)33(22)16-10-11-18(20(12-16)36-25(26,27)28)32-24(34)35-13-15-6-3-2-4-7-15/h2-4,6-7,10-12,14H,5,8-9,13H2,1H3,(H,32,34)(H,29,30,31). The van der Waals surface area contributed by atoms with E-state index in [1.165, 1.54) is 18.5 Å². The van der Waals surface area contributed by atoms with Gasteiger partial charge in [-0.2, -0.15) is 0 Å². The van der Waals surface area contributed by atoms with Crippen molar-refractivity contribution in [2.45, 2.75) is 32.2 Å². The first-order chi connectivity index (χ1) is 17.3. The normalized spacial score (nSPS) is 12.9. The lowest BCUT2D eigenvalue weighted by Crippen LogP contribution is -2.20. The molecule has 0 unspecified atom stereocenters. The first-order valence-electron chi connectivity index (χ1n) is 11.3. The summed E-state index contributed by atoms with van der Waals surface area (Å²) in [5.74, 6) is -0.00695. The summed E-state index contributed by atoms with van der Waals surface area (Å²) >= 11 is 0. The first kappa shape index (κ1) is 23.5. The molecule has 4 aromatic rings. The largest absolute Gasteiger partial charge is 0.573 e. The number of nitrogens with one attached hydrogen (secondary N) is 2. The second kappa shape index (κ2) is 9.40. The van der Waals surface area contributed by atoms with Crippen LogP contribution >= 0.6 is 0 Å². The Kier molecular flexibility index (Phi) is 6.13. The van der Waals surface area contributed by atoms with Gasteiger partial charge in [-0.1, -0.05) is 30.3 Å². The molecule has 2 N–H and O–H groups in total. The molecule has 36 heavy (non-hydrogen) atoms. The molecule has 0 fully saturated rings. The number of ether oxygens (including phenoxy) is 2. The number of rotatable bonds is 6. The maximum Gasteiger partial charge on any atom is 0.573 e. The van der Waals surface area contributed by atoms with Crippen molar-refractivity contribution < 1.29 is 27.4 Å². The number of halogens is 3. The molecule has 0 bridgehead atoms. The predicted molar refractivity (Wildman–Crippen MR) is 127 cm³/mol. The second-order valence-electron chi connectivity index (χ2n) is 8.20. The van der Waals surface area contributed by atoms with Crippen LogP contribution in [-0.4, -0.2) is 34.0 Å². The van der Waals surface area contributed by atoms with Crippen LogP contribution < -0.4 is 15.4 Å². The zero-order valence-corrected chi connectivity index (χ0v) is 19.2. The van der Waals surface area contributed by atoms with Gasteiger partial charge in [0.05, 0.1) is 11.2 Å². The third kappa shape index (κ3) is 4.64. The van der Waals surface area contributed by atoms with Gasteiger partial charge < -0.3 is 19.4 Å². The molecule has 8 nitrogen and oxygen atoms in total. The van der Waals surface area contributed by atoms with Crippen LogP contribution in [0.2, 0.25) is 0 Å². The number of anilines is 2. The number of hydrogen-bond acceptors (Lipinski definition) is 6. The van der Waals surface area contributed by atoms with E-state index >= 15 is 0 Å². The van der Waals surface area contributed by atoms with Crippen LogP contribution in [0, 0.1) is 0 Å². The topological polar surface area (TPSA) is 90.3 Å². The van der Waals surface area contributed by atoms with E-state index in [0.29, 0.717) is 17.0 Å². The fourth-order valence-electron chi connectivity index (χ4n) is 4.48. The number of carbonyl (C=O) groups is 1. The molecule has 5 rings (SSSR count). The van der Waals surface area contributed by atoms with E-state index in [1.807, 2.05) is 10.6 Å². The molecule has 0 aliphatic heterocycles. The van der Waals surface area contributed by atoms with E-state index in [0.717, 1.165) is 41.6 Å². The minimum absolute atomic E-state index is 0.0332. The van der Waals surface area contributed by atoms with E-state index in [4.69, 9.17) is 4.74 Å². The summed E-state index contributed by atoms with van der Waals surface area (Å²) in [5.41, 5.74) is 4.43. The van der Waals surface area contributed by atoms with Gasteiger partial charge in [0.1, 0.15) is 18.5 Å². The molecule has 0 spiro atoms. The maximum absolute atomic E-state index is 13.3. The molecule has 1 aliphatic carbocycles. The summed E-state index contributed by atoms with van der Waals surface area (Å²) in [6.45, 7) is -0.0332. The Morgan fingerprint density at radius 3 is 2.67 bits per heavy atom. The van der Waals surface area contributed by atoms with E-state index in [2.05, 4.69) is 25.3 Å². The van der Waals surface area contributed by atoms with Gasteiger partial charge in [-0.15, -0.1) is 13.2 Å². The van der Waals surface area contributed by atoms with Crippen molar-refractivity contribution in [3.63, 3.8) is 0 Å². The van der Waals surface area contributed by atoms with Crippen molar-refractivity contribution in [1.82, 2.24) is 14.5 Å². The summed E-state index contributed by atoms with van der Waals surface area (Å²) in [5, 5.41) is 5.39. The first-order valence-corrected chi connectivity index (χ1v) is 11.3. The highest BCUT2D eigenvalue weighted by Crippen LogP contribution is 2.39. The zero-order valence-electron chi connectivity index (χ0n) is 19.2. The number of amides is 1. The highest BCUT2D eigenvalue weighted by molar-refractivity contribution is 5.93. The number of aryl methyl sites for hydroxylation is 1. The SMILES string of the molecule is CNc1ncnc2c3c(n(-c4ccc(NC(=O)OCc5ccccc5)c(OC(F)(F)F)c4)c12)CCC3. The molecular weight excluding hydrogens is 475 g/mol. The minimum atomic E-state index is -4.97. The van der Waals surface area contributed by atoms with Crippen LogP contribution in [0.15, 0.2) is 54.9 Å². The Labute approximate surface area is 204 Å². The Balaban J connectivity index is 1.51. The van der Waals surface area contributed by atoms with Gasteiger partial charge in [0.2, 0.25) is 0 Å². The lowest BCUT2D eigenvalue weighted by Gasteiger charge is -2.17. The minimum Gasteiger partial charge on any atom is -0.444 e. The molecule has 0 saturated heterocycles. The van der Waals surface area contributed by atoms with E-state index in [1.54, 1.807) is 37.4 Å². The smallest absolute Gasteiger partial charge is 0.444 e. The Bertz CT molecular complexity index is 1420. The van der Waals surface area contributed by atoms with Crippen LogP contribution in [0.1, 0.15) is 23.2 Å². The third-order valence-electron chi connectivity index (χ3n) is 5.93. The summed E-state index contributed by atoms with van der Waals surface area (Å²) in [6.07, 6.45) is -1.93. The monoisotopic (exact) mass is 497 g/mol. The molecule has 11 heteroatoms. The van der Waals surface area contributed by atoms with Gasteiger partial charge in [-0.05, 0) is 42.5 Å². The van der Waals surface area contributed by atoms with Crippen LogP contribution in [-0.2, 0) is 24.2 Å². The van der Waals surface area contributed by atoms with Crippen molar-refractivity contribution >= 4 is 28.6 Å². The molecule has 0 radical (unpaired) electrons. The Morgan fingerprint density at radius 2 is 1.92 bits per heavy atom. The van der Waals surface area contributed by atoms with Crippen molar-refractivity contribution in [3.8, 4) is 11.4 Å². The second-order valence-corrected chi connectivity index (χ2v) is 8.20. The molecule has 2 aromatic heterocycles. The molecule has 1 amide bonds. The Hall–Kier alpha value is -4.28. The molecule has 2 aromatic carbocycles. The van der Waals surface area contributed by atoms with E-state index in [9.17, 15) is 18.0 Å². The molecular formula is C25H22F3N5O3. The summed E-state index contributed by atoms with van der Waals surface area (Å²) < 4.78 is 51.2. The zero-order chi connectivity index (χ0) is 25.3. The molecule has 0 saturated carbocycles.